The predicted octanol–water partition coefficient (Wildman–Crippen LogP) is 4.18. The van der Waals surface area contributed by atoms with Crippen LogP contribution in [0, 0.1) is 6.92 Å². The molecular formula is C21H23N5O2S. The largest absolute Gasteiger partial charge is 0.461 e. The fraction of sp³-hybridized carbons (Fsp3) is 0.333. The van der Waals surface area contributed by atoms with Crippen molar-refractivity contribution in [3.63, 3.8) is 0 Å². The first-order chi connectivity index (χ1) is 14.1. The van der Waals surface area contributed by atoms with E-state index in [0.717, 1.165) is 52.3 Å². The molecule has 0 spiro atoms. The Balaban J connectivity index is 1.48. The van der Waals surface area contributed by atoms with Crippen molar-refractivity contribution < 1.29 is 9.53 Å². The minimum Gasteiger partial charge on any atom is -0.461 e. The lowest BCUT2D eigenvalue weighted by Gasteiger charge is -2.31. The summed E-state index contributed by atoms with van der Waals surface area (Å²) in [5.41, 5.74) is 2.00. The summed E-state index contributed by atoms with van der Waals surface area (Å²) in [6.07, 6.45) is 5.44. The summed E-state index contributed by atoms with van der Waals surface area (Å²) in [5, 5.41) is 4.18. The number of nitrogens with zero attached hydrogens (tertiary/aromatic N) is 4. The quantitative estimate of drug-likeness (QED) is 0.633. The molecule has 150 valence electrons. The molecule has 0 radical (unpaired) electrons. The highest BCUT2D eigenvalue weighted by molar-refractivity contribution is 7.18. The summed E-state index contributed by atoms with van der Waals surface area (Å²) in [7, 11) is 0. The molecule has 8 heteroatoms. The van der Waals surface area contributed by atoms with Gasteiger partial charge in [0.25, 0.3) is 0 Å². The molecule has 7 nitrogen and oxygen atoms in total. The summed E-state index contributed by atoms with van der Waals surface area (Å²) in [5.74, 6) is 1.28. The van der Waals surface area contributed by atoms with E-state index >= 15 is 0 Å². The first-order valence-electron chi connectivity index (χ1n) is 9.62. The standard InChI is InChI=1S/C21H23N5O2S/c1-14-8-9-22-20(11-14)25-19-7-3-6-17(24-19)18-12-23-21(29-18)26-10-4-5-16(13-26)28-15(2)27/h3,6-9,11-12,16H,4-5,10,13H2,1-2H3,(H,22,24,25). The third-order valence-electron chi connectivity index (χ3n) is 4.65. The second-order valence-electron chi connectivity index (χ2n) is 7.08. The van der Waals surface area contributed by atoms with Crippen LogP contribution < -0.4 is 10.2 Å². The molecule has 1 saturated heterocycles. The number of aromatic nitrogens is 3. The van der Waals surface area contributed by atoms with Crippen molar-refractivity contribution in [3.05, 3.63) is 48.3 Å². The van der Waals surface area contributed by atoms with E-state index in [9.17, 15) is 4.79 Å². The predicted molar refractivity (Wildman–Crippen MR) is 115 cm³/mol. The minimum absolute atomic E-state index is 0.0684. The number of pyridine rings is 2. The molecule has 1 atom stereocenters. The second kappa shape index (κ2) is 8.57. The Morgan fingerprint density at radius 1 is 1.28 bits per heavy atom. The van der Waals surface area contributed by atoms with Gasteiger partial charge < -0.3 is 15.0 Å². The molecule has 0 amide bonds. The zero-order valence-corrected chi connectivity index (χ0v) is 17.3. The van der Waals surface area contributed by atoms with Crippen LogP contribution in [-0.2, 0) is 9.53 Å². The van der Waals surface area contributed by atoms with Crippen LogP contribution in [0.4, 0.5) is 16.8 Å². The van der Waals surface area contributed by atoms with Gasteiger partial charge in [-0.05, 0) is 49.6 Å². The molecule has 0 bridgehead atoms. The maximum Gasteiger partial charge on any atom is 0.302 e. The highest BCUT2D eigenvalue weighted by Gasteiger charge is 2.24. The number of esters is 1. The number of carbonyl (C=O) groups excluding carboxylic acids is 1. The maximum absolute atomic E-state index is 11.3. The Morgan fingerprint density at radius 3 is 3.00 bits per heavy atom. The Labute approximate surface area is 173 Å². The van der Waals surface area contributed by atoms with Crippen molar-refractivity contribution in [1.82, 2.24) is 15.0 Å². The molecule has 1 aliphatic heterocycles. The van der Waals surface area contributed by atoms with E-state index in [-0.39, 0.29) is 12.1 Å². The van der Waals surface area contributed by atoms with Crippen molar-refractivity contribution in [1.29, 1.82) is 0 Å². The summed E-state index contributed by atoms with van der Waals surface area (Å²) in [6, 6.07) is 9.81. The summed E-state index contributed by atoms with van der Waals surface area (Å²) in [6.45, 7) is 5.08. The van der Waals surface area contributed by atoms with Gasteiger partial charge in [0, 0.05) is 25.9 Å². The highest BCUT2D eigenvalue weighted by Crippen LogP contribution is 2.32. The molecule has 1 aliphatic rings. The Bertz CT molecular complexity index is 1010. The first kappa shape index (κ1) is 19.3. The van der Waals surface area contributed by atoms with Gasteiger partial charge in [-0.3, -0.25) is 4.79 Å². The normalized spacial score (nSPS) is 16.5. The van der Waals surface area contributed by atoms with Crippen molar-refractivity contribution in [3.8, 4) is 10.6 Å². The van der Waals surface area contributed by atoms with E-state index in [0.29, 0.717) is 6.54 Å². The van der Waals surface area contributed by atoms with E-state index < -0.39 is 0 Å². The van der Waals surface area contributed by atoms with Gasteiger partial charge in [-0.25, -0.2) is 15.0 Å². The number of carbonyl (C=O) groups is 1. The van der Waals surface area contributed by atoms with Gasteiger partial charge in [0.1, 0.15) is 17.7 Å². The second-order valence-corrected chi connectivity index (χ2v) is 8.09. The molecule has 0 aliphatic carbocycles. The Morgan fingerprint density at radius 2 is 2.17 bits per heavy atom. The van der Waals surface area contributed by atoms with Crippen LogP contribution >= 0.6 is 11.3 Å². The van der Waals surface area contributed by atoms with Crippen LogP contribution in [0.3, 0.4) is 0 Å². The average molecular weight is 410 g/mol. The van der Waals surface area contributed by atoms with Crippen LogP contribution in [0.2, 0.25) is 0 Å². The lowest BCUT2D eigenvalue weighted by atomic mass is 10.1. The number of piperidine rings is 1. The zero-order valence-electron chi connectivity index (χ0n) is 16.5. The zero-order chi connectivity index (χ0) is 20.2. The van der Waals surface area contributed by atoms with Crippen LogP contribution in [0.25, 0.3) is 10.6 Å². The minimum atomic E-state index is -0.228. The monoisotopic (exact) mass is 409 g/mol. The van der Waals surface area contributed by atoms with E-state index in [1.807, 2.05) is 43.5 Å². The molecule has 1 N–H and O–H groups in total. The highest BCUT2D eigenvalue weighted by atomic mass is 32.1. The van der Waals surface area contributed by atoms with Crippen LogP contribution in [0.15, 0.2) is 42.7 Å². The van der Waals surface area contributed by atoms with Crippen LogP contribution in [-0.4, -0.2) is 40.1 Å². The molecule has 1 unspecified atom stereocenters. The van der Waals surface area contributed by atoms with E-state index in [4.69, 9.17) is 9.72 Å². The molecular weight excluding hydrogens is 386 g/mol. The van der Waals surface area contributed by atoms with Gasteiger partial charge in [-0.2, -0.15) is 0 Å². The number of nitrogens with one attached hydrogen (secondary N) is 1. The smallest absolute Gasteiger partial charge is 0.302 e. The van der Waals surface area contributed by atoms with Crippen molar-refractivity contribution in [2.75, 3.05) is 23.3 Å². The topological polar surface area (TPSA) is 80.2 Å². The number of thiazole rings is 1. The number of hydrogen-bond donors (Lipinski definition) is 1. The lowest BCUT2D eigenvalue weighted by molar-refractivity contribution is -0.146. The Hall–Kier alpha value is -3.00. The van der Waals surface area contributed by atoms with Crippen LogP contribution in [0.1, 0.15) is 25.3 Å². The SMILES string of the molecule is CC(=O)OC1CCCN(c2ncc(-c3cccc(Nc4cc(C)ccn4)n3)s2)C1. The van der Waals surface area contributed by atoms with Crippen molar-refractivity contribution in [2.24, 2.45) is 0 Å². The number of rotatable bonds is 5. The third-order valence-corrected chi connectivity index (χ3v) is 5.73. The molecule has 0 aromatic carbocycles. The maximum atomic E-state index is 11.3. The van der Waals surface area contributed by atoms with Gasteiger partial charge in [0.2, 0.25) is 0 Å². The lowest BCUT2D eigenvalue weighted by Crippen LogP contribution is -2.40. The number of hydrogen-bond acceptors (Lipinski definition) is 8. The van der Waals surface area contributed by atoms with Gasteiger partial charge >= 0.3 is 5.97 Å². The summed E-state index contributed by atoms with van der Waals surface area (Å²) in [4.78, 5) is 28.1. The fourth-order valence-electron chi connectivity index (χ4n) is 3.35. The van der Waals surface area contributed by atoms with Crippen molar-refractivity contribution in [2.45, 2.75) is 32.8 Å². The summed E-state index contributed by atoms with van der Waals surface area (Å²) >= 11 is 1.60. The Kier molecular flexibility index (Phi) is 5.71. The third kappa shape index (κ3) is 4.89. The number of ether oxygens (including phenoxy) is 1. The first-order valence-corrected chi connectivity index (χ1v) is 10.4. The van der Waals surface area contributed by atoms with E-state index in [1.54, 1.807) is 17.5 Å². The van der Waals surface area contributed by atoms with E-state index in [1.165, 1.54) is 6.92 Å². The van der Waals surface area contributed by atoms with E-state index in [2.05, 4.69) is 20.2 Å². The van der Waals surface area contributed by atoms with Crippen LogP contribution in [0.5, 0.6) is 0 Å². The van der Waals surface area contributed by atoms with Gasteiger partial charge in [-0.1, -0.05) is 17.4 Å². The van der Waals surface area contributed by atoms with Gasteiger partial charge in [0.15, 0.2) is 5.13 Å². The molecule has 3 aromatic rings. The summed E-state index contributed by atoms with van der Waals surface area (Å²) < 4.78 is 5.38. The molecule has 29 heavy (non-hydrogen) atoms. The number of aryl methyl sites for hydroxylation is 1. The van der Waals surface area contributed by atoms with Gasteiger partial charge in [0.05, 0.1) is 17.1 Å². The van der Waals surface area contributed by atoms with Crippen molar-refractivity contribution >= 4 is 34.1 Å². The molecule has 4 heterocycles. The molecule has 1 fully saturated rings. The molecule has 4 rings (SSSR count). The van der Waals surface area contributed by atoms with Gasteiger partial charge in [-0.15, -0.1) is 0 Å². The fourth-order valence-corrected chi connectivity index (χ4v) is 4.27. The molecule has 0 saturated carbocycles. The average Bonchev–Trinajstić information content (AvgIpc) is 3.18. The number of anilines is 3. The molecule has 3 aromatic heterocycles.